The summed E-state index contributed by atoms with van der Waals surface area (Å²) in [5.74, 6) is 0.0957. The minimum Gasteiger partial charge on any atom is -0.479 e. The predicted octanol–water partition coefficient (Wildman–Crippen LogP) is 1.50. The highest BCUT2D eigenvalue weighted by Crippen LogP contribution is 2.19. The van der Waals surface area contributed by atoms with Crippen LogP contribution in [0.3, 0.4) is 0 Å². The number of aryl methyl sites for hydroxylation is 2. The Bertz CT molecular complexity index is 909. The molecule has 0 aliphatic heterocycles. The van der Waals surface area contributed by atoms with Gasteiger partial charge in [-0.25, -0.2) is 8.42 Å². The Balaban J connectivity index is 2.02. The molecule has 0 aliphatic rings. The zero-order valence-corrected chi connectivity index (χ0v) is 15.3. The molecular formula is C16H18N4O5S. The number of hydrogen-bond acceptors (Lipinski definition) is 7. The molecule has 138 valence electrons. The number of hydrogen-bond donors (Lipinski definition) is 2. The number of nitrogens with zero attached hydrogens (tertiary/aromatic N) is 2. The summed E-state index contributed by atoms with van der Waals surface area (Å²) in [5.41, 5.74) is 0.679. The lowest BCUT2D eigenvalue weighted by Crippen LogP contribution is -2.41. The molecule has 26 heavy (non-hydrogen) atoms. The Morgan fingerprint density at radius 1 is 1.35 bits per heavy atom. The molecule has 9 nitrogen and oxygen atoms in total. The molecule has 0 unspecified atom stereocenters. The van der Waals surface area contributed by atoms with Crippen molar-refractivity contribution in [2.24, 2.45) is 0 Å². The van der Waals surface area contributed by atoms with Crippen LogP contribution in [0.2, 0.25) is 0 Å². The molecule has 2 N–H and O–H groups in total. The highest BCUT2D eigenvalue weighted by atomic mass is 32.2. The number of rotatable bonds is 7. The highest BCUT2D eigenvalue weighted by Gasteiger charge is 2.28. The molecule has 1 atom stereocenters. The average molecular weight is 378 g/mol. The van der Waals surface area contributed by atoms with Crippen LogP contribution in [0.4, 0.5) is 5.69 Å². The van der Waals surface area contributed by atoms with Crippen LogP contribution in [0.1, 0.15) is 18.4 Å². The van der Waals surface area contributed by atoms with Gasteiger partial charge in [-0.2, -0.15) is 9.98 Å². The van der Waals surface area contributed by atoms with Crippen LogP contribution in [0.15, 0.2) is 33.7 Å². The van der Waals surface area contributed by atoms with Crippen molar-refractivity contribution < 1.29 is 22.5 Å². The monoisotopic (exact) mass is 378 g/mol. The Labute approximate surface area is 151 Å². The number of carbonyl (C=O) groups excluding carboxylic acids is 1. The fourth-order valence-electron chi connectivity index (χ4n) is 2.20. The molecule has 1 amide bonds. The van der Waals surface area contributed by atoms with Crippen LogP contribution in [-0.2, 0) is 14.8 Å². The summed E-state index contributed by atoms with van der Waals surface area (Å²) in [7, 11) is -3.95. The minimum absolute atomic E-state index is 0.0730. The molecule has 0 fully saturated rings. The summed E-state index contributed by atoms with van der Waals surface area (Å²) >= 11 is 0. The molecule has 2 rings (SSSR count). The van der Waals surface area contributed by atoms with Gasteiger partial charge in [0.15, 0.2) is 12.4 Å². The number of amides is 1. The lowest BCUT2D eigenvalue weighted by Gasteiger charge is -2.14. The van der Waals surface area contributed by atoms with E-state index in [1.54, 1.807) is 24.3 Å². The largest absolute Gasteiger partial charge is 0.479 e. The molecule has 0 spiro atoms. The van der Waals surface area contributed by atoms with Crippen LogP contribution in [0.5, 0.6) is 5.75 Å². The lowest BCUT2D eigenvalue weighted by atomic mass is 10.2. The van der Waals surface area contributed by atoms with Gasteiger partial charge in [0.2, 0.25) is 15.9 Å². The summed E-state index contributed by atoms with van der Waals surface area (Å²) in [6, 6.07) is 7.17. The zero-order valence-electron chi connectivity index (χ0n) is 14.4. The second kappa shape index (κ2) is 7.99. The molecule has 0 radical (unpaired) electrons. The molecule has 1 heterocycles. The van der Waals surface area contributed by atoms with Gasteiger partial charge < -0.3 is 14.6 Å². The van der Waals surface area contributed by atoms with E-state index in [-0.39, 0.29) is 23.0 Å². The van der Waals surface area contributed by atoms with Crippen LogP contribution in [-0.4, -0.2) is 32.1 Å². The molecule has 0 saturated heterocycles. The summed E-state index contributed by atoms with van der Waals surface area (Å²) < 4.78 is 37.1. The third-order valence-corrected chi connectivity index (χ3v) is 5.17. The van der Waals surface area contributed by atoms with Crippen molar-refractivity contribution in [2.75, 3.05) is 11.9 Å². The van der Waals surface area contributed by atoms with Gasteiger partial charge in [0, 0.05) is 5.69 Å². The maximum absolute atomic E-state index is 12.4. The molecule has 1 aromatic carbocycles. The van der Waals surface area contributed by atoms with Crippen LogP contribution < -0.4 is 14.8 Å². The van der Waals surface area contributed by atoms with Crippen molar-refractivity contribution in [2.45, 2.75) is 31.7 Å². The first-order valence-electron chi connectivity index (χ1n) is 7.60. The number of anilines is 1. The van der Waals surface area contributed by atoms with Gasteiger partial charge in [0.25, 0.3) is 0 Å². The van der Waals surface area contributed by atoms with Crippen molar-refractivity contribution in [3.63, 3.8) is 0 Å². The highest BCUT2D eigenvalue weighted by molar-refractivity contribution is 7.89. The fraction of sp³-hybridized carbons (Fsp3) is 0.312. The number of ether oxygens (including phenoxy) is 1. The van der Waals surface area contributed by atoms with Gasteiger partial charge in [-0.15, -0.1) is 0 Å². The Kier molecular flexibility index (Phi) is 5.97. The Hall–Kier alpha value is -2.90. The predicted molar refractivity (Wildman–Crippen MR) is 91.9 cm³/mol. The first kappa shape index (κ1) is 19.4. The van der Waals surface area contributed by atoms with Crippen molar-refractivity contribution >= 4 is 21.6 Å². The molecule has 1 aromatic heterocycles. The van der Waals surface area contributed by atoms with E-state index in [4.69, 9.17) is 14.5 Å². The Morgan fingerprint density at radius 2 is 2.00 bits per heavy atom. The normalized spacial score (nSPS) is 12.2. The fourth-order valence-corrected chi connectivity index (χ4v) is 3.74. The molecule has 2 aromatic rings. The first-order valence-corrected chi connectivity index (χ1v) is 9.09. The average Bonchev–Trinajstić information content (AvgIpc) is 2.93. The van der Waals surface area contributed by atoms with Gasteiger partial charge in [0.05, 0.1) is 6.04 Å². The van der Waals surface area contributed by atoms with E-state index in [0.29, 0.717) is 11.4 Å². The number of nitrogens with one attached hydrogen (secondary N) is 2. The number of benzene rings is 1. The van der Waals surface area contributed by atoms with Crippen molar-refractivity contribution in [1.82, 2.24) is 9.88 Å². The van der Waals surface area contributed by atoms with Gasteiger partial charge in [-0.1, -0.05) is 5.16 Å². The molecule has 0 bridgehead atoms. The van der Waals surface area contributed by atoms with Gasteiger partial charge in [-0.05, 0) is 45.0 Å². The smallest absolute Gasteiger partial charge is 0.246 e. The standard InChI is InChI=1S/C16H18N4O5S/c1-10-15(12(3)25-19-10)26(22,23)20-11(2)16(21)18-13-4-6-14(7-5-13)24-9-8-17/h4-7,11,20H,9H2,1-3H3,(H,18,21)/t11-/m0/s1. The molecule has 0 saturated carbocycles. The summed E-state index contributed by atoms with van der Waals surface area (Å²) in [5, 5.41) is 14.7. The lowest BCUT2D eigenvalue weighted by molar-refractivity contribution is -0.117. The zero-order chi connectivity index (χ0) is 19.3. The quantitative estimate of drug-likeness (QED) is 0.745. The topological polar surface area (TPSA) is 134 Å². The number of nitriles is 1. The van der Waals surface area contributed by atoms with Crippen molar-refractivity contribution in [3.05, 3.63) is 35.7 Å². The van der Waals surface area contributed by atoms with Gasteiger partial charge >= 0.3 is 0 Å². The minimum atomic E-state index is -3.95. The van der Waals surface area contributed by atoms with Crippen LogP contribution in [0, 0.1) is 25.2 Å². The van der Waals surface area contributed by atoms with E-state index >= 15 is 0 Å². The number of sulfonamides is 1. The van der Waals surface area contributed by atoms with Crippen molar-refractivity contribution in [1.29, 1.82) is 5.26 Å². The van der Waals surface area contributed by atoms with E-state index in [1.807, 2.05) is 6.07 Å². The molecular weight excluding hydrogens is 360 g/mol. The van der Waals surface area contributed by atoms with E-state index in [2.05, 4.69) is 15.2 Å². The third kappa shape index (κ3) is 4.59. The van der Waals surface area contributed by atoms with Gasteiger partial charge in [-0.3, -0.25) is 4.79 Å². The van der Waals surface area contributed by atoms with Gasteiger partial charge in [0.1, 0.15) is 22.4 Å². The van der Waals surface area contributed by atoms with E-state index in [1.165, 1.54) is 20.8 Å². The van der Waals surface area contributed by atoms with Crippen LogP contribution in [0.25, 0.3) is 0 Å². The van der Waals surface area contributed by atoms with E-state index in [9.17, 15) is 13.2 Å². The van der Waals surface area contributed by atoms with Crippen molar-refractivity contribution in [3.8, 4) is 11.8 Å². The first-order chi connectivity index (χ1) is 12.2. The third-order valence-electron chi connectivity index (χ3n) is 3.39. The molecule has 0 aliphatic carbocycles. The van der Waals surface area contributed by atoms with E-state index in [0.717, 1.165) is 0 Å². The summed E-state index contributed by atoms with van der Waals surface area (Å²) in [6.45, 7) is 4.34. The maximum Gasteiger partial charge on any atom is 0.246 e. The SMILES string of the molecule is Cc1noc(C)c1S(=O)(=O)N[C@@H](C)C(=O)Nc1ccc(OCC#N)cc1. The Morgan fingerprint density at radius 3 is 2.54 bits per heavy atom. The number of carbonyl (C=O) groups is 1. The molecule has 10 heteroatoms. The van der Waals surface area contributed by atoms with Crippen LogP contribution >= 0.6 is 0 Å². The maximum atomic E-state index is 12.4. The number of aromatic nitrogens is 1. The van der Waals surface area contributed by atoms with E-state index < -0.39 is 22.0 Å². The second-order valence-corrected chi connectivity index (χ2v) is 7.11. The summed E-state index contributed by atoms with van der Waals surface area (Å²) in [6.07, 6.45) is 0. The summed E-state index contributed by atoms with van der Waals surface area (Å²) in [4.78, 5) is 12.2. The second-order valence-electron chi connectivity index (χ2n) is 5.46.